The van der Waals surface area contributed by atoms with Gasteiger partial charge in [0.05, 0.1) is 5.56 Å². The molecule has 0 saturated heterocycles. The van der Waals surface area contributed by atoms with Crippen LogP contribution in [0.5, 0.6) is 5.75 Å². The first-order chi connectivity index (χ1) is 20.3. The molecule has 0 spiro atoms. The molecule has 0 aromatic heterocycles. The first-order valence-electron chi connectivity index (χ1n) is 15.8. The molecule has 0 amide bonds. The molecule has 0 aliphatic heterocycles. The van der Waals surface area contributed by atoms with Gasteiger partial charge in [-0.2, -0.15) is 0 Å². The fourth-order valence-corrected chi connectivity index (χ4v) is 9.02. The molecule has 5 rings (SSSR count). The number of aromatic hydroxyl groups is 1. The van der Waals surface area contributed by atoms with Crippen molar-refractivity contribution in [2.75, 3.05) is 0 Å². The Morgan fingerprint density at radius 3 is 2.20 bits per heavy atom. The van der Waals surface area contributed by atoms with Crippen LogP contribution in [0, 0.1) is 28.6 Å². The second-order valence-electron chi connectivity index (χ2n) is 15.1. The van der Waals surface area contributed by atoms with Crippen LogP contribution >= 0.6 is 0 Å². The fourth-order valence-electron chi connectivity index (χ4n) is 9.02. The lowest BCUT2D eigenvalue weighted by atomic mass is 9.44. The van der Waals surface area contributed by atoms with E-state index in [9.17, 15) is 34.8 Å². The van der Waals surface area contributed by atoms with Crippen LogP contribution in [0.3, 0.4) is 0 Å². The van der Waals surface area contributed by atoms with Crippen LogP contribution in [0.25, 0.3) is 5.57 Å². The topological polar surface area (TPSA) is 132 Å². The van der Waals surface area contributed by atoms with Gasteiger partial charge in [-0.05, 0) is 73.1 Å². The van der Waals surface area contributed by atoms with Crippen molar-refractivity contribution in [1.82, 2.24) is 0 Å². The van der Waals surface area contributed by atoms with Crippen LogP contribution in [-0.4, -0.2) is 43.4 Å². The molecule has 0 saturated carbocycles. The maximum Gasteiger partial charge on any atom is 0.209 e. The highest BCUT2D eigenvalue weighted by Gasteiger charge is 2.71. The molecule has 0 heterocycles. The van der Waals surface area contributed by atoms with Crippen molar-refractivity contribution in [2.45, 2.75) is 99.5 Å². The standard InChI is InChI=1S/C37H46O7/c1-17(2)12-21-10-11-22(13-21)24-14-23(18(3)4)25-15-35(8)16-36(9)28(19(5)6)31(40)26(20(7)38)33(42)37(36,44)34(43)29(35)32(41)27(25)30(24)39/h10-11,14,17-19,28,39-40,43-44H,12-13,15-16H2,1-9H3/t28?,35-,36-,37+/m1/s1. The second-order valence-corrected chi connectivity index (χ2v) is 15.1. The highest BCUT2D eigenvalue weighted by molar-refractivity contribution is 6.25. The number of carbonyl (C=O) groups is 3. The maximum absolute atomic E-state index is 14.6. The number of hydrogen-bond donors (Lipinski definition) is 4. The van der Waals surface area contributed by atoms with Gasteiger partial charge in [-0.15, -0.1) is 0 Å². The van der Waals surface area contributed by atoms with Crippen molar-refractivity contribution >= 4 is 22.9 Å². The summed E-state index contributed by atoms with van der Waals surface area (Å²) in [5.41, 5.74) is -1.32. The Morgan fingerprint density at radius 1 is 1.02 bits per heavy atom. The number of phenolic OH excluding ortho intramolecular Hbond substituents is 1. The summed E-state index contributed by atoms with van der Waals surface area (Å²) in [4.78, 5) is 41.2. The Bertz CT molecular complexity index is 1630. The van der Waals surface area contributed by atoms with Crippen molar-refractivity contribution in [3.63, 3.8) is 0 Å². The molecule has 0 radical (unpaired) electrons. The van der Waals surface area contributed by atoms with Crippen LogP contribution in [0.1, 0.15) is 115 Å². The summed E-state index contributed by atoms with van der Waals surface area (Å²) in [6, 6.07) is 1.98. The molecular weight excluding hydrogens is 556 g/mol. The van der Waals surface area contributed by atoms with Crippen LogP contribution in [-0.2, 0) is 16.0 Å². The van der Waals surface area contributed by atoms with Gasteiger partial charge in [0, 0.05) is 27.9 Å². The van der Waals surface area contributed by atoms with E-state index in [0.29, 0.717) is 23.5 Å². The van der Waals surface area contributed by atoms with Crippen LogP contribution in [0.15, 0.2) is 46.5 Å². The van der Waals surface area contributed by atoms with Crippen molar-refractivity contribution in [3.8, 4) is 5.75 Å². The molecule has 236 valence electrons. The molecule has 1 unspecified atom stereocenters. The number of rotatable bonds is 6. The Kier molecular flexibility index (Phi) is 7.48. The van der Waals surface area contributed by atoms with Crippen molar-refractivity contribution in [3.05, 3.63) is 68.7 Å². The Morgan fingerprint density at radius 2 is 1.66 bits per heavy atom. The summed E-state index contributed by atoms with van der Waals surface area (Å²) in [5, 5.41) is 47.4. The van der Waals surface area contributed by atoms with E-state index in [4.69, 9.17) is 0 Å². The van der Waals surface area contributed by atoms with Gasteiger partial charge in [0.2, 0.25) is 5.78 Å². The number of allylic oxidation sites excluding steroid dienone is 6. The molecule has 4 atom stereocenters. The number of benzene rings is 1. The zero-order chi connectivity index (χ0) is 32.8. The summed E-state index contributed by atoms with van der Waals surface area (Å²) in [7, 11) is 0. The molecule has 4 aliphatic rings. The van der Waals surface area contributed by atoms with E-state index in [1.54, 1.807) is 6.92 Å². The third-order valence-corrected chi connectivity index (χ3v) is 10.6. The number of fused-ring (bicyclic) bond motifs is 3. The quantitative estimate of drug-likeness (QED) is 0.253. The summed E-state index contributed by atoms with van der Waals surface area (Å²) in [5.74, 6) is -4.46. The highest BCUT2D eigenvalue weighted by atomic mass is 16.3. The maximum atomic E-state index is 14.6. The minimum atomic E-state index is -2.62. The van der Waals surface area contributed by atoms with E-state index in [2.05, 4.69) is 19.9 Å². The van der Waals surface area contributed by atoms with Gasteiger partial charge in [-0.1, -0.05) is 73.1 Å². The lowest BCUT2D eigenvalue weighted by Gasteiger charge is -2.59. The minimum absolute atomic E-state index is 0.0182. The molecule has 0 fully saturated rings. The van der Waals surface area contributed by atoms with Crippen LogP contribution in [0.4, 0.5) is 0 Å². The number of aliphatic hydroxyl groups excluding tert-OH is 2. The zero-order valence-electron chi connectivity index (χ0n) is 27.4. The smallest absolute Gasteiger partial charge is 0.209 e. The third-order valence-electron chi connectivity index (χ3n) is 10.6. The van der Waals surface area contributed by atoms with Gasteiger partial charge in [0.1, 0.15) is 22.8 Å². The van der Waals surface area contributed by atoms with E-state index < -0.39 is 51.0 Å². The summed E-state index contributed by atoms with van der Waals surface area (Å²) in [6.07, 6.45) is 6.01. The lowest BCUT2D eigenvalue weighted by molar-refractivity contribution is -0.171. The molecule has 44 heavy (non-hydrogen) atoms. The normalized spacial score (nSPS) is 30.2. The predicted octanol–water partition coefficient (Wildman–Crippen LogP) is 7.23. The lowest BCUT2D eigenvalue weighted by Crippen LogP contribution is -2.67. The van der Waals surface area contributed by atoms with Crippen molar-refractivity contribution in [2.24, 2.45) is 28.6 Å². The van der Waals surface area contributed by atoms with Crippen molar-refractivity contribution in [1.29, 1.82) is 0 Å². The first kappa shape index (κ1) is 32.0. The fraction of sp³-hybridized carbons (Fsp3) is 0.541. The molecule has 1 aromatic carbocycles. The molecule has 1 aromatic rings. The molecule has 7 nitrogen and oxygen atoms in total. The average Bonchev–Trinajstić information content (AvgIpc) is 3.33. The van der Waals surface area contributed by atoms with Crippen LogP contribution in [0.2, 0.25) is 0 Å². The van der Waals surface area contributed by atoms with E-state index >= 15 is 0 Å². The molecular formula is C37H46O7. The average molecular weight is 603 g/mol. The van der Waals surface area contributed by atoms with Gasteiger partial charge < -0.3 is 20.4 Å². The van der Waals surface area contributed by atoms with Gasteiger partial charge >= 0.3 is 0 Å². The highest BCUT2D eigenvalue weighted by Crippen LogP contribution is 2.65. The molecule has 7 heteroatoms. The second kappa shape index (κ2) is 10.3. The molecule has 0 bridgehead atoms. The Hall–Kier alpha value is -3.45. The van der Waals surface area contributed by atoms with E-state index in [0.717, 1.165) is 24.5 Å². The Labute approximate surface area is 260 Å². The number of hydrogen-bond acceptors (Lipinski definition) is 7. The summed E-state index contributed by atoms with van der Waals surface area (Å²) in [6.45, 7) is 16.7. The monoisotopic (exact) mass is 602 g/mol. The first-order valence-corrected chi connectivity index (χ1v) is 15.8. The number of aliphatic hydroxyl groups is 3. The van der Waals surface area contributed by atoms with Crippen LogP contribution < -0.4 is 0 Å². The molecule has 4 N–H and O–H groups in total. The van der Waals surface area contributed by atoms with E-state index in [-0.39, 0.29) is 47.3 Å². The van der Waals surface area contributed by atoms with Gasteiger partial charge in [0.25, 0.3) is 0 Å². The minimum Gasteiger partial charge on any atom is -0.511 e. The summed E-state index contributed by atoms with van der Waals surface area (Å²) >= 11 is 0. The number of Topliss-reactive ketones (excluding diaryl/α,β-unsaturated/α-hetero) is 3. The number of phenols is 1. The SMILES string of the molecule is CC(=O)C1=C(O)C(C(C)C)[C@@]2(C)C[C@@]3(C)Cc4c(C(C)C)cc(C5=CC=C(CC(C)C)C5)c(O)c4C(=O)C3=C(O)[C@@]2(O)C1=O. The largest absolute Gasteiger partial charge is 0.511 e. The zero-order valence-corrected chi connectivity index (χ0v) is 27.4. The van der Waals surface area contributed by atoms with Gasteiger partial charge in [-0.3, -0.25) is 14.4 Å². The van der Waals surface area contributed by atoms with E-state index in [1.165, 1.54) is 5.57 Å². The Balaban J connectivity index is 1.75. The summed E-state index contributed by atoms with van der Waals surface area (Å²) < 4.78 is 0. The molecule has 4 aliphatic carbocycles. The van der Waals surface area contributed by atoms with Gasteiger partial charge in [0.15, 0.2) is 17.2 Å². The predicted molar refractivity (Wildman–Crippen MR) is 169 cm³/mol. The number of carbonyl (C=O) groups excluding carboxylic acids is 3. The third kappa shape index (κ3) is 4.22. The van der Waals surface area contributed by atoms with Gasteiger partial charge in [-0.25, -0.2) is 0 Å². The number of ketones is 3. The van der Waals surface area contributed by atoms with Crippen molar-refractivity contribution < 1.29 is 34.8 Å². The van der Waals surface area contributed by atoms with E-state index in [1.807, 2.05) is 46.8 Å².